The lowest BCUT2D eigenvalue weighted by atomic mass is 10.2. The molecule has 1 saturated heterocycles. The summed E-state index contributed by atoms with van der Waals surface area (Å²) < 4.78 is 5.26. The summed E-state index contributed by atoms with van der Waals surface area (Å²) in [7, 11) is 0. The zero-order valence-corrected chi connectivity index (χ0v) is 14.1. The van der Waals surface area contributed by atoms with E-state index in [1.165, 1.54) is 11.3 Å². The third kappa shape index (κ3) is 3.70. The molecule has 1 atom stereocenters. The quantitative estimate of drug-likeness (QED) is 0.780. The normalized spacial score (nSPS) is 15.9. The molecular formula is C16H18N4O3S. The van der Waals surface area contributed by atoms with Crippen LogP contribution < -0.4 is 4.90 Å². The van der Waals surface area contributed by atoms with Crippen molar-refractivity contribution in [3.63, 3.8) is 0 Å². The maximum Gasteiger partial charge on any atom is 0.349 e. The van der Waals surface area contributed by atoms with Crippen LogP contribution >= 0.6 is 11.3 Å². The molecule has 2 aromatic rings. The van der Waals surface area contributed by atoms with Gasteiger partial charge in [-0.1, -0.05) is 6.07 Å². The van der Waals surface area contributed by atoms with Crippen molar-refractivity contribution in [1.29, 1.82) is 0 Å². The molecular weight excluding hydrogens is 328 g/mol. The predicted molar refractivity (Wildman–Crippen MR) is 90.0 cm³/mol. The first-order valence-electron chi connectivity index (χ1n) is 7.70. The third-order valence-corrected chi connectivity index (χ3v) is 4.63. The molecule has 3 rings (SSSR count). The summed E-state index contributed by atoms with van der Waals surface area (Å²) in [5.41, 5.74) is 0. The number of anilines is 1. The van der Waals surface area contributed by atoms with Gasteiger partial charge in [0.2, 0.25) is 5.95 Å². The minimum absolute atomic E-state index is 0.173. The van der Waals surface area contributed by atoms with Crippen LogP contribution in [0.25, 0.3) is 0 Å². The molecule has 0 radical (unpaired) electrons. The van der Waals surface area contributed by atoms with Crippen LogP contribution in [0.15, 0.2) is 36.0 Å². The van der Waals surface area contributed by atoms with Gasteiger partial charge in [0.05, 0.1) is 0 Å². The summed E-state index contributed by atoms with van der Waals surface area (Å²) in [6.07, 6.45) is 2.61. The Morgan fingerprint density at radius 1 is 1.17 bits per heavy atom. The van der Waals surface area contributed by atoms with Crippen molar-refractivity contribution < 1.29 is 14.3 Å². The number of thiophene rings is 1. The minimum Gasteiger partial charge on any atom is -0.448 e. The van der Waals surface area contributed by atoms with E-state index in [1.54, 1.807) is 47.8 Å². The molecule has 0 saturated carbocycles. The Kier molecular flexibility index (Phi) is 5.05. The van der Waals surface area contributed by atoms with Crippen LogP contribution in [-0.2, 0) is 9.53 Å². The zero-order valence-electron chi connectivity index (χ0n) is 13.3. The van der Waals surface area contributed by atoms with Gasteiger partial charge in [-0.3, -0.25) is 4.79 Å². The van der Waals surface area contributed by atoms with Crippen LogP contribution in [0.1, 0.15) is 16.6 Å². The molecule has 8 heteroatoms. The van der Waals surface area contributed by atoms with Gasteiger partial charge in [-0.25, -0.2) is 14.8 Å². The van der Waals surface area contributed by atoms with Crippen LogP contribution in [0.3, 0.4) is 0 Å². The number of carbonyl (C=O) groups excluding carboxylic acids is 2. The van der Waals surface area contributed by atoms with Crippen LogP contribution in [0.5, 0.6) is 0 Å². The molecule has 1 unspecified atom stereocenters. The fourth-order valence-electron chi connectivity index (χ4n) is 2.50. The van der Waals surface area contributed by atoms with Crippen LogP contribution in [0, 0.1) is 0 Å². The van der Waals surface area contributed by atoms with E-state index in [4.69, 9.17) is 4.74 Å². The van der Waals surface area contributed by atoms with E-state index in [9.17, 15) is 9.59 Å². The lowest BCUT2D eigenvalue weighted by molar-refractivity contribution is -0.140. The highest BCUT2D eigenvalue weighted by Crippen LogP contribution is 2.14. The molecule has 0 aliphatic carbocycles. The second kappa shape index (κ2) is 7.39. The molecule has 0 aromatic carbocycles. The molecule has 3 heterocycles. The van der Waals surface area contributed by atoms with Gasteiger partial charge in [0.25, 0.3) is 5.91 Å². The largest absolute Gasteiger partial charge is 0.448 e. The molecule has 0 bridgehead atoms. The number of hydrogen-bond donors (Lipinski definition) is 0. The number of hydrogen-bond acceptors (Lipinski definition) is 7. The van der Waals surface area contributed by atoms with Gasteiger partial charge in [0.15, 0.2) is 6.10 Å². The maximum absolute atomic E-state index is 12.4. The maximum atomic E-state index is 12.4. The summed E-state index contributed by atoms with van der Waals surface area (Å²) in [6, 6.07) is 5.23. The van der Waals surface area contributed by atoms with Crippen molar-refractivity contribution in [2.75, 3.05) is 31.1 Å². The van der Waals surface area contributed by atoms with Crippen LogP contribution in [-0.4, -0.2) is 59.0 Å². The van der Waals surface area contributed by atoms with Gasteiger partial charge in [-0.2, -0.15) is 0 Å². The number of esters is 1. The topological polar surface area (TPSA) is 75.6 Å². The Balaban J connectivity index is 1.52. The van der Waals surface area contributed by atoms with Gasteiger partial charge in [0.1, 0.15) is 4.88 Å². The number of rotatable bonds is 4. The summed E-state index contributed by atoms with van der Waals surface area (Å²) in [5.74, 6) is 0.0393. The Hall–Kier alpha value is -2.48. The molecule has 2 aromatic heterocycles. The minimum atomic E-state index is -0.792. The summed E-state index contributed by atoms with van der Waals surface area (Å²) >= 11 is 1.30. The van der Waals surface area contributed by atoms with E-state index in [0.29, 0.717) is 37.0 Å². The van der Waals surface area contributed by atoms with Gasteiger partial charge >= 0.3 is 5.97 Å². The van der Waals surface area contributed by atoms with E-state index >= 15 is 0 Å². The van der Waals surface area contributed by atoms with Crippen molar-refractivity contribution in [3.8, 4) is 0 Å². The zero-order chi connectivity index (χ0) is 16.9. The smallest absolute Gasteiger partial charge is 0.349 e. The summed E-state index contributed by atoms with van der Waals surface area (Å²) in [4.78, 5) is 37.1. The Morgan fingerprint density at radius 3 is 2.50 bits per heavy atom. The molecule has 0 spiro atoms. The van der Waals surface area contributed by atoms with Crippen LogP contribution in [0.4, 0.5) is 5.95 Å². The number of aromatic nitrogens is 2. The van der Waals surface area contributed by atoms with Crippen molar-refractivity contribution in [2.24, 2.45) is 0 Å². The highest BCUT2D eigenvalue weighted by Gasteiger charge is 2.28. The predicted octanol–water partition coefficient (Wildman–Crippen LogP) is 1.43. The van der Waals surface area contributed by atoms with Crippen molar-refractivity contribution in [1.82, 2.24) is 14.9 Å². The monoisotopic (exact) mass is 346 g/mol. The van der Waals surface area contributed by atoms with E-state index < -0.39 is 12.1 Å². The van der Waals surface area contributed by atoms with Crippen molar-refractivity contribution >= 4 is 29.2 Å². The highest BCUT2D eigenvalue weighted by atomic mass is 32.1. The molecule has 0 N–H and O–H groups in total. The SMILES string of the molecule is CC(OC(=O)c1cccs1)C(=O)N1CCN(c2ncccn2)CC1. The lowest BCUT2D eigenvalue weighted by Gasteiger charge is -2.35. The second-order valence-corrected chi connectivity index (χ2v) is 6.33. The summed E-state index contributed by atoms with van der Waals surface area (Å²) in [6.45, 7) is 4.03. The highest BCUT2D eigenvalue weighted by molar-refractivity contribution is 7.11. The average molecular weight is 346 g/mol. The first kappa shape index (κ1) is 16.4. The van der Waals surface area contributed by atoms with Gasteiger partial charge in [-0.05, 0) is 24.4 Å². The molecule has 1 aliphatic rings. The van der Waals surface area contributed by atoms with Crippen molar-refractivity contribution in [3.05, 3.63) is 40.8 Å². The number of carbonyl (C=O) groups is 2. The average Bonchev–Trinajstić information content (AvgIpc) is 3.17. The molecule has 24 heavy (non-hydrogen) atoms. The van der Waals surface area contributed by atoms with Crippen molar-refractivity contribution in [2.45, 2.75) is 13.0 Å². The second-order valence-electron chi connectivity index (χ2n) is 5.39. The fraction of sp³-hybridized carbons (Fsp3) is 0.375. The number of piperazine rings is 1. The number of amides is 1. The van der Waals surface area contributed by atoms with E-state index in [1.807, 2.05) is 4.90 Å². The third-order valence-electron chi connectivity index (χ3n) is 3.78. The molecule has 1 amide bonds. The molecule has 7 nitrogen and oxygen atoms in total. The lowest BCUT2D eigenvalue weighted by Crippen LogP contribution is -2.52. The number of nitrogens with zero attached hydrogens (tertiary/aromatic N) is 4. The molecule has 1 aliphatic heterocycles. The first-order valence-corrected chi connectivity index (χ1v) is 8.58. The van der Waals surface area contributed by atoms with Gasteiger partial charge in [-0.15, -0.1) is 11.3 Å². The molecule has 126 valence electrons. The number of ether oxygens (including phenoxy) is 1. The van der Waals surface area contributed by atoms with E-state index in [-0.39, 0.29) is 5.91 Å². The Bertz CT molecular complexity index is 685. The first-order chi connectivity index (χ1) is 11.6. The molecule has 1 fully saturated rings. The van der Waals surface area contributed by atoms with Crippen LogP contribution in [0.2, 0.25) is 0 Å². The van der Waals surface area contributed by atoms with Gasteiger partial charge < -0.3 is 14.5 Å². The summed E-state index contributed by atoms with van der Waals surface area (Å²) in [5, 5.41) is 1.80. The Morgan fingerprint density at radius 2 is 1.88 bits per heavy atom. The van der Waals surface area contributed by atoms with E-state index in [0.717, 1.165) is 0 Å². The Labute approximate surface area is 143 Å². The standard InChI is InChI=1S/C16H18N4O3S/c1-12(23-15(22)13-4-2-11-24-13)14(21)19-7-9-20(10-8-19)16-17-5-3-6-18-16/h2-6,11-12H,7-10H2,1H3. The van der Waals surface area contributed by atoms with Gasteiger partial charge in [0, 0.05) is 38.6 Å². The fourth-order valence-corrected chi connectivity index (χ4v) is 3.11. The van der Waals surface area contributed by atoms with E-state index in [2.05, 4.69) is 9.97 Å².